The molecule has 0 bridgehead atoms. The highest BCUT2D eigenvalue weighted by Gasteiger charge is 2.21. The standard InChI is InChI=1S/C22H29N3O2.ClH/c1-18(2)17-27-21-5-3-20(4-6-21)22(26)25-15-13-24(14-16-25)12-9-19-7-10-23-11-8-19;/h3-8,10-11,18H,9,12-17H2,1-2H3;1H. The molecule has 1 aromatic carbocycles. The first kappa shape index (κ1) is 22.2. The van der Waals surface area contributed by atoms with E-state index in [1.54, 1.807) is 0 Å². The smallest absolute Gasteiger partial charge is 0.253 e. The number of hydrogen-bond donors (Lipinski definition) is 0. The highest BCUT2D eigenvalue weighted by atomic mass is 35.5. The van der Waals surface area contributed by atoms with Crippen molar-refractivity contribution >= 4 is 18.3 Å². The van der Waals surface area contributed by atoms with Gasteiger partial charge in [-0.05, 0) is 54.3 Å². The number of carbonyl (C=O) groups is 1. The summed E-state index contributed by atoms with van der Waals surface area (Å²) in [6.45, 7) is 9.35. The van der Waals surface area contributed by atoms with Gasteiger partial charge in [-0.1, -0.05) is 13.8 Å². The average molecular weight is 404 g/mol. The van der Waals surface area contributed by atoms with E-state index < -0.39 is 0 Å². The van der Waals surface area contributed by atoms with Crippen molar-refractivity contribution in [2.75, 3.05) is 39.3 Å². The van der Waals surface area contributed by atoms with Crippen molar-refractivity contribution in [1.29, 1.82) is 0 Å². The fourth-order valence-corrected chi connectivity index (χ4v) is 3.15. The Hall–Kier alpha value is -2.11. The minimum absolute atomic E-state index is 0. The van der Waals surface area contributed by atoms with Gasteiger partial charge < -0.3 is 9.64 Å². The number of pyridine rings is 1. The van der Waals surface area contributed by atoms with Crippen LogP contribution in [0.4, 0.5) is 0 Å². The maximum atomic E-state index is 12.7. The third-order valence-corrected chi connectivity index (χ3v) is 4.81. The van der Waals surface area contributed by atoms with Crippen LogP contribution in [0.15, 0.2) is 48.8 Å². The molecular weight excluding hydrogens is 374 g/mol. The maximum absolute atomic E-state index is 12.7. The molecule has 0 radical (unpaired) electrons. The Morgan fingerprint density at radius 1 is 1.04 bits per heavy atom. The van der Waals surface area contributed by atoms with Crippen LogP contribution in [0.25, 0.3) is 0 Å². The zero-order chi connectivity index (χ0) is 19.1. The van der Waals surface area contributed by atoms with Gasteiger partial charge in [-0.15, -0.1) is 12.4 Å². The van der Waals surface area contributed by atoms with Crippen molar-refractivity contribution in [3.05, 3.63) is 59.9 Å². The lowest BCUT2D eigenvalue weighted by atomic mass is 10.1. The second kappa shape index (κ2) is 11.0. The van der Waals surface area contributed by atoms with E-state index >= 15 is 0 Å². The number of nitrogens with zero attached hydrogens (tertiary/aromatic N) is 3. The van der Waals surface area contributed by atoms with Gasteiger partial charge in [0, 0.05) is 50.7 Å². The quantitative estimate of drug-likeness (QED) is 0.709. The second-order valence-corrected chi connectivity index (χ2v) is 7.47. The third kappa shape index (κ3) is 6.50. The van der Waals surface area contributed by atoms with E-state index in [0.717, 1.165) is 50.5 Å². The summed E-state index contributed by atoms with van der Waals surface area (Å²) in [5, 5.41) is 0. The second-order valence-electron chi connectivity index (χ2n) is 7.47. The van der Waals surface area contributed by atoms with Gasteiger partial charge in [0.2, 0.25) is 0 Å². The van der Waals surface area contributed by atoms with Gasteiger partial charge in [-0.2, -0.15) is 0 Å². The van der Waals surface area contributed by atoms with E-state index in [9.17, 15) is 4.79 Å². The summed E-state index contributed by atoms with van der Waals surface area (Å²) in [7, 11) is 0. The van der Waals surface area contributed by atoms with E-state index in [1.165, 1.54) is 5.56 Å². The van der Waals surface area contributed by atoms with E-state index in [0.29, 0.717) is 12.5 Å². The van der Waals surface area contributed by atoms with Gasteiger partial charge in [0.05, 0.1) is 6.61 Å². The number of hydrogen-bond acceptors (Lipinski definition) is 4. The van der Waals surface area contributed by atoms with Crippen LogP contribution in [0.3, 0.4) is 0 Å². The van der Waals surface area contributed by atoms with Gasteiger partial charge in [-0.3, -0.25) is 14.7 Å². The fourth-order valence-electron chi connectivity index (χ4n) is 3.15. The molecule has 0 atom stereocenters. The summed E-state index contributed by atoms with van der Waals surface area (Å²) in [4.78, 5) is 21.2. The first-order valence-corrected chi connectivity index (χ1v) is 9.75. The molecule has 152 valence electrons. The molecule has 0 saturated carbocycles. The van der Waals surface area contributed by atoms with Gasteiger partial charge in [-0.25, -0.2) is 0 Å². The Morgan fingerprint density at radius 3 is 2.29 bits per heavy atom. The topological polar surface area (TPSA) is 45.7 Å². The number of halogens is 1. The summed E-state index contributed by atoms with van der Waals surface area (Å²) in [5.74, 6) is 1.42. The minimum Gasteiger partial charge on any atom is -0.493 e. The molecule has 2 heterocycles. The highest BCUT2D eigenvalue weighted by Crippen LogP contribution is 2.16. The van der Waals surface area contributed by atoms with Crippen LogP contribution in [0.1, 0.15) is 29.8 Å². The molecule has 1 aromatic heterocycles. The van der Waals surface area contributed by atoms with E-state index in [-0.39, 0.29) is 18.3 Å². The van der Waals surface area contributed by atoms with Gasteiger partial charge in [0.25, 0.3) is 5.91 Å². The maximum Gasteiger partial charge on any atom is 0.253 e. The lowest BCUT2D eigenvalue weighted by molar-refractivity contribution is 0.0638. The number of carbonyl (C=O) groups excluding carboxylic acids is 1. The minimum atomic E-state index is 0. The monoisotopic (exact) mass is 403 g/mol. The molecular formula is C22H30ClN3O2. The van der Waals surface area contributed by atoms with Gasteiger partial charge in [0.1, 0.15) is 5.75 Å². The largest absolute Gasteiger partial charge is 0.493 e. The van der Waals surface area contributed by atoms with E-state index in [1.807, 2.05) is 41.6 Å². The number of benzene rings is 1. The molecule has 1 amide bonds. The van der Waals surface area contributed by atoms with Crippen molar-refractivity contribution in [3.63, 3.8) is 0 Å². The predicted octanol–water partition coefficient (Wildman–Crippen LogP) is 3.54. The molecule has 0 unspecified atom stereocenters. The van der Waals surface area contributed by atoms with E-state index in [2.05, 4.69) is 35.9 Å². The molecule has 0 N–H and O–H groups in total. The molecule has 1 fully saturated rings. The van der Waals surface area contributed by atoms with Crippen molar-refractivity contribution in [1.82, 2.24) is 14.8 Å². The Bertz CT molecular complexity index is 714. The highest BCUT2D eigenvalue weighted by molar-refractivity contribution is 5.94. The number of aromatic nitrogens is 1. The molecule has 5 nitrogen and oxygen atoms in total. The zero-order valence-corrected chi connectivity index (χ0v) is 17.5. The SMILES string of the molecule is CC(C)COc1ccc(C(=O)N2CCN(CCc3ccncc3)CC2)cc1.Cl. The molecule has 0 spiro atoms. The molecule has 1 saturated heterocycles. The number of amides is 1. The summed E-state index contributed by atoms with van der Waals surface area (Å²) in [6, 6.07) is 11.6. The number of piperazine rings is 1. The molecule has 1 aliphatic rings. The number of ether oxygens (including phenoxy) is 1. The van der Waals surface area contributed by atoms with Crippen molar-refractivity contribution in [2.45, 2.75) is 20.3 Å². The van der Waals surface area contributed by atoms with Crippen LogP contribution >= 0.6 is 12.4 Å². The van der Waals surface area contributed by atoms with Crippen LogP contribution in [-0.2, 0) is 6.42 Å². The van der Waals surface area contributed by atoms with Crippen LogP contribution in [0.2, 0.25) is 0 Å². The summed E-state index contributed by atoms with van der Waals surface area (Å²) < 4.78 is 5.69. The lowest BCUT2D eigenvalue weighted by Crippen LogP contribution is -2.49. The number of rotatable bonds is 7. The fraction of sp³-hybridized carbons (Fsp3) is 0.455. The normalized spacial score (nSPS) is 14.6. The van der Waals surface area contributed by atoms with Crippen LogP contribution < -0.4 is 4.74 Å². The van der Waals surface area contributed by atoms with Gasteiger partial charge in [0.15, 0.2) is 0 Å². The molecule has 0 aliphatic carbocycles. The van der Waals surface area contributed by atoms with Gasteiger partial charge >= 0.3 is 0 Å². The van der Waals surface area contributed by atoms with Crippen molar-refractivity contribution in [3.8, 4) is 5.75 Å². The summed E-state index contributed by atoms with van der Waals surface area (Å²) in [6.07, 6.45) is 4.70. The van der Waals surface area contributed by atoms with Crippen LogP contribution in [0.5, 0.6) is 5.75 Å². The predicted molar refractivity (Wildman–Crippen MR) is 114 cm³/mol. The van der Waals surface area contributed by atoms with Crippen LogP contribution in [-0.4, -0.2) is 60.0 Å². The Labute approximate surface area is 174 Å². The lowest BCUT2D eigenvalue weighted by Gasteiger charge is -2.34. The third-order valence-electron chi connectivity index (χ3n) is 4.81. The molecule has 2 aromatic rings. The first-order valence-electron chi connectivity index (χ1n) is 9.75. The molecule has 1 aliphatic heterocycles. The zero-order valence-electron chi connectivity index (χ0n) is 16.7. The Balaban J connectivity index is 0.00000280. The van der Waals surface area contributed by atoms with Crippen molar-refractivity contribution < 1.29 is 9.53 Å². The Kier molecular flexibility index (Phi) is 8.74. The summed E-state index contributed by atoms with van der Waals surface area (Å²) in [5.41, 5.74) is 2.04. The molecule has 28 heavy (non-hydrogen) atoms. The van der Waals surface area contributed by atoms with Crippen LogP contribution in [0, 0.1) is 5.92 Å². The first-order chi connectivity index (χ1) is 13.1. The Morgan fingerprint density at radius 2 is 1.68 bits per heavy atom. The molecule has 6 heteroatoms. The van der Waals surface area contributed by atoms with E-state index in [4.69, 9.17) is 4.74 Å². The molecule has 3 rings (SSSR count). The average Bonchev–Trinajstić information content (AvgIpc) is 2.72. The summed E-state index contributed by atoms with van der Waals surface area (Å²) >= 11 is 0. The van der Waals surface area contributed by atoms with Crippen molar-refractivity contribution in [2.24, 2.45) is 5.92 Å².